The lowest BCUT2D eigenvalue weighted by Gasteiger charge is -2.01. The van der Waals surface area contributed by atoms with Crippen LogP contribution in [0.5, 0.6) is 0 Å². The number of carbonyl (C=O) groups is 1. The Morgan fingerprint density at radius 1 is 1.40 bits per heavy atom. The number of benzene rings is 1. The number of nitrogens with zero attached hydrogens (tertiary/aromatic N) is 1. The number of hydrogen-bond donors (Lipinski definition) is 0. The standard InChI is InChI=1S/C11H7F2NO/c1-7(15)9-5-8(3-2-4-14)10(12)6-11(9)13/h2-3,5-6H,1H3. The van der Waals surface area contributed by atoms with Crippen LogP contribution in [-0.4, -0.2) is 5.78 Å². The summed E-state index contributed by atoms with van der Waals surface area (Å²) in [5, 5.41) is 8.25. The van der Waals surface area contributed by atoms with Gasteiger partial charge in [-0.25, -0.2) is 8.78 Å². The van der Waals surface area contributed by atoms with E-state index in [1.165, 1.54) is 13.0 Å². The van der Waals surface area contributed by atoms with Gasteiger partial charge in [0.2, 0.25) is 0 Å². The van der Waals surface area contributed by atoms with Gasteiger partial charge in [-0.05, 0) is 19.1 Å². The van der Waals surface area contributed by atoms with Gasteiger partial charge in [0.25, 0.3) is 0 Å². The zero-order valence-corrected chi connectivity index (χ0v) is 7.92. The van der Waals surface area contributed by atoms with E-state index in [0.29, 0.717) is 6.07 Å². The molecule has 0 unspecified atom stereocenters. The highest BCUT2D eigenvalue weighted by atomic mass is 19.1. The van der Waals surface area contributed by atoms with E-state index in [9.17, 15) is 13.6 Å². The minimum atomic E-state index is -0.894. The number of allylic oxidation sites excluding steroid dienone is 1. The third kappa shape index (κ3) is 2.47. The number of ketones is 1. The van der Waals surface area contributed by atoms with Crippen LogP contribution in [0.25, 0.3) is 6.08 Å². The van der Waals surface area contributed by atoms with Crippen LogP contribution < -0.4 is 0 Å². The molecule has 4 heteroatoms. The summed E-state index contributed by atoms with van der Waals surface area (Å²) >= 11 is 0. The van der Waals surface area contributed by atoms with E-state index < -0.39 is 17.4 Å². The number of carbonyl (C=O) groups excluding carboxylic acids is 1. The number of rotatable bonds is 2. The van der Waals surface area contributed by atoms with Crippen LogP contribution >= 0.6 is 0 Å². The molecule has 15 heavy (non-hydrogen) atoms. The van der Waals surface area contributed by atoms with Gasteiger partial charge in [0.1, 0.15) is 11.6 Å². The van der Waals surface area contributed by atoms with Crippen LogP contribution in [0, 0.1) is 23.0 Å². The fourth-order valence-corrected chi connectivity index (χ4v) is 1.09. The molecule has 0 fully saturated rings. The van der Waals surface area contributed by atoms with E-state index in [2.05, 4.69) is 0 Å². The smallest absolute Gasteiger partial charge is 0.162 e. The quantitative estimate of drug-likeness (QED) is 0.552. The van der Waals surface area contributed by atoms with E-state index in [4.69, 9.17) is 5.26 Å². The molecule has 0 aliphatic heterocycles. The predicted octanol–water partition coefficient (Wildman–Crippen LogP) is 2.70. The largest absolute Gasteiger partial charge is 0.294 e. The van der Waals surface area contributed by atoms with E-state index >= 15 is 0 Å². The molecule has 1 aromatic rings. The highest BCUT2D eigenvalue weighted by Crippen LogP contribution is 2.16. The maximum Gasteiger partial charge on any atom is 0.162 e. The Labute approximate surface area is 85.5 Å². The van der Waals surface area contributed by atoms with Crippen LogP contribution in [0.3, 0.4) is 0 Å². The summed E-state index contributed by atoms with van der Waals surface area (Å²) in [6.07, 6.45) is 2.24. The lowest BCUT2D eigenvalue weighted by molar-refractivity contribution is 0.101. The van der Waals surface area contributed by atoms with Gasteiger partial charge >= 0.3 is 0 Å². The molecular formula is C11H7F2NO. The molecule has 0 aliphatic rings. The molecule has 1 rings (SSSR count). The number of Topliss-reactive ketones (excluding diaryl/α,β-unsaturated/α-hetero) is 1. The highest BCUT2D eigenvalue weighted by Gasteiger charge is 2.11. The molecule has 0 saturated heterocycles. The minimum Gasteiger partial charge on any atom is -0.294 e. The summed E-state index contributed by atoms with van der Waals surface area (Å²) in [6.45, 7) is 1.19. The fourth-order valence-electron chi connectivity index (χ4n) is 1.09. The number of nitriles is 1. The van der Waals surface area contributed by atoms with Crippen LogP contribution in [0.2, 0.25) is 0 Å². The molecule has 0 bridgehead atoms. The third-order valence-corrected chi connectivity index (χ3v) is 1.80. The normalized spacial score (nSPS) is 10.3. The van der Waals surface area contributed by atoms with E-state index in [-0.39, 0.29) is 11.1 Å². The van der Waals surface area contributed by atoms with Crippen molar-refractivity contribution in [2.24, 2.45) is 0 Å². The van der Waals surface area contributed by atoms with Crippen molar-refractivity contribution < 1.29 is 13.6 Å². The first-order valence-corrected chi connectivity index (χ1v) is 4.12. The summed E-state index contributed by atoms with van der Waals surface area (Å²) in [7, 11) is 0. The summed E-state index contributed by atoms with van der Waals surface area (Å²) in [5.74, 6) is -2.18. The Hall–Kier alpha value is -2.02. The van der Waals surface area contributed by atoms with Crippen LogP contribution in [0.4, 0.5) is 8.78 Å². The number of halogens is 2. The van der Waals surface area contributed by atoms with Gasteiger partial charge in [0, 0.05) is 17.7 Å². The molecule has 76 valence electrons. The molecule has 2 nitrogen and oxygen atoms in total. The average molecular weight is 207 g/mol. The SMILES string of the molecule is CC(=O)c1cc(C=CC#N)c(F)cc1F. The van der Waals surface area contributed by atoms with Gasteiger partial charge in [-0.1, -0.05) is 0 Å². The first kappa shape index (κ1) is 11.1. The fraction of sp³-hybridized carbons (Fsp3) is 0.0909. The molecule has 0 saturated carbocycles. The maximum atomic E-state index is 13.1. The van der Waals surface area contributed by atoms with E-state index in [1.807, 2.05) is 0 Å². The van der Waals surface area contributed by atoms with Crippen molar-refractivity contribution in [2.45, 2.75) is 6.92 Å². The van der Waals surface area contributed by atoms with Gasteiger partial charge < -0.3 is 0 Å². The Morgan fingerprint density at radius 2 is 2.07 bits per heavy atom. The second-order valence-electron chi connectivity index (χ2n) is 2.87. The second-order valence-corrected chi connectivity index (χ2v) is 2.87. The molecule has 0 atom stereocenters. The zero-order chi connectivity index (χ0) is 11.4. The summed E-state index contributed by atoms with van der Waals surface area (Å²) in [4.78, 5) is 11.0. The topological polar surface area (TPSA) is 40.9 Å². The predicted molar refractivity (Wildman–Crippen MR) is 51.0 cm³/mol. The lowest BCUT2D eigenvalue weighted by Crippen LogP contribution is -1.99. The third-order valence-electron chi connectivity index (χ3n) is 1.80. The van der Waals surface area contributed by atoms with Crippen molar-refractivity contribution >= 4 is 11.9 Å². The van der Waals surface area contributed by atoms with Gasteiger partial charge in [-0.3, -0.25) is 4.79 Å². The van der Waals surface area contributed by atoms with Crippen molar-refractivity contribution in [1.82, 2.24) is 0 Å². The van der Waals surface area contributed by atoms with Crippen molar-refractivity contribution in [3.05, 3.63) is 41.0 Å². The van der Waals surface area contributed by atoms with Gasteiger partial charge in [-0.15, -0.1) is 0 Å². The highest BCUT2D eigenvalue weighted by molar-refractivity contribution is 5.94. The van der Waals surface area contributed by atoms with Crippen LogP contribution in [0.15, 0.2) is 18.2 Å². The molecular weight excluding hydrogens is 200 g/mol. The summed E-state index contributed by atoms with van der Waals surface area (Å²) < 4.78 is 26.2. The molecule has 0 aliphatic carbocycles. The summed E-state index contributed by atoms with van der Waals surface area (Å²) in [5.41, 5.74) is -0.169. The lowest BCUT2D eigenvalue weighted by atomic mass is 10.1. The Bertz CT molecular complexity index is 472. The number of hydrogen-bond acceptors (Lipinski definition) is 2. The van der Waals surface area contributed by atoms with Crippen molar-refractivity contribution in [3.8, 4) is 6.07 Å². The molecule has 0 amide bonds. The molecule has 0 heterocycles. The molecule has 0 spiro atoms. The Kier molecular flexibility index (Phi) is 3.29. The monoisotopic (exact) mass is 207 g/mol. The van der Waals surface area contributed by atoms with Crippen molar-refractivity contribution in [3.63, 3.8) is 0 Å². The maximum absolute atomic E-state index is 13.1. The van der Waals surface area contributed by atoms with Crippen molar-refractivity contribution in [1.29, 1.82) is 5.26 Å². The Morgan fingerprint density at radius 3 is 2.60 bits per heavy atom. The zero-order valence-electron chi connectivity index (χ0n) is 7.92. The van der Waals surface area contributed by atoms with Crippen molar-refractivity contribution in [2.75, 3.05) is 0 Å². The second kappa shape index (κ2) is 4.47. The van der Waals surface area contributed by atoms with Gasteiger partial charge in [0.05, 0.1) is 11.6 Å². The van der Waals surface area contributed by atoms with Gasteiger partial charge in [-0.2, -0.15) is 5.26 Å². The average Bonchev–Trinajstić information content (AvgIpc) is 2.16. The summed E-state index contributed by atoms with van der Waals surface area (Å²) in [6, 6.07) is 3.40. The molecule has 0 aromatic heterocycles. The Balaban J connectivity index is 3.31. The molecule has 0 radical (unpaired) electrons. The van der Waals surface area contributed by atoms with Crippen LogP contribution in [0.1, 0.15) is 22.8 Å². The van der Waals surface area contributed by atoms with Crippen LogP contribution in [-0.2, 0) is 0 Å². The molecule has 1 aromatic carbocycles. The van der Waals surface area contributed by atoms with E-state index in [0.717, 1.165) is 12.1 Å². The van der Waals surface area contributed by atoms with E-state index in [1.54, 1.807) is 6.07 Å². The van der Waals surface area contributed by atoms with Gasteiger partial charge in [0.15, 0.2) is 5.78 Å². The molecule has 0 N–H and O–H groups in total. The first-order chi connectivity index (χ1) is 7.06. The first-order valence-electron chi connectivity index (χ1n) is 4.12. The minimum absolute atomic E-state index is 0.0168.